The van der Waals surface area contributed by atoms with Crippen LogP contribution in [-0.2, 0) is 9.53 Å². The third-order valence-electron chi connectivity index (χ3n) is 6.00. The van der Waals surface area contributed by atoms with Crippen LogP contribution >= 0.6 is 23.2 Å². The molecule has 0 saturated heterocycles. The van der Waals surface area contributed by atoms with Gasteiger partial charge < -0.3 is 9.47 Å². The van der Waals surface area contributed by atoms with Gasteiger partial charge >= 0.3 is 5.97 Å². The zero-order valence-corrected chi connectivity index (χ0v) is 20.8. The Balaban J connectivity index is 1.71. The normalized spacial score (nSPS) is 14.7. The molecule has 0 bridgehead atoms. The van der Waals surface area contributed by atoms with E-state index in [-0.39, 0.29) is 28.6 Å². The number of esters is 1. The fraction of sp³-hybridized carbons (Fsp3) is 0.103. The summed E-state index contributed by atoms with van der Waals surface area (Å²) >= 11 is 12.1. The van der Waals surface area contributed by atoms with Gasteiger partial charge in [0.2, 0.25) is 5.88 Å². The van der Waals surface area contributed by atoms with Crippen molar-refractivity contribution in [2.75, 3.05) is 6.61 Å². The molecule has 180 valence electrons. The zero-order valence-electron chi connectivity index (χ0n) is 19.3. The van der Waals surface area contributed by atoms with Gasteiger partial charge in [-0.25, -0.2) is 4.79 Å². The molecular formula is C29H21Cl2NO4. The van der Waals surface area contributed by atoms with Crippen molar-refractivity contribution in [2.24, 2.45) is 0 Å². The molecule has 7 heteroatoms. The summed E-state index contributed by atoms with van der Waals surface area (Å²) in [6.45, 7) is 1.90. The van der Waals surface area contributed by atoms with E-state index in [2.05, 4.69) is 5.32 Å². The maximum atomic E-state index is 13.4. The smallest absolute Gasteiger partial charge is 0.340 e. The van der Waals surface area contributed by atoms with Gasteiger partial charge in [-0.1, -0.05) is 83.9 Å². The van der Waals surface area contributed by atoms with Gasteiger partial charge in [-0.2, -0.15) is 0 Å². The van der Waals surface area contributed by atoms with Crippen LogP contribution in [-0.4, -0.2) is 18.5 Å². The maximum Gasteiger partial charge on any atom is 0.340 e. The highest BCUT2D eigenvalue weighted by Crippen LogP contribution is 2.46. The molecule has 1 aliphatic rings. The molecule has 4 aromatic rings. The van der Waals surface area contributed by atoms with Crippen LogP contribution < -0.4 is 10.1 Å². The first-order valence-electron chi connectivity index (χ1n) is 11.4. The Labute approximate surface area is 218 Å². The van der Waals surface area contributed by atoms with Crippen molar-refractivity contribution in [1.29, 1.82) is 0 Å². The number of benzene rings is 4. The summed E-state index contributed by atoms with van der Waals surface area (Å²) in [7, 11) is 0. The van der Waals surface area contributed by atoms with Crippen LogP contribution in [0, 0.1) is 0 Å². The molecule has 4 aromatic carbocycles. The average Bonchev–Trinajstić information content (AvgIpc) is 2.89. The fourth-order valence-corrected chi connectivity index (χ4v) is 4.70. The SMILES string of the molecule is CCOC(=O)C1=C(NC(=O)c2ccc(Cl)c(Cl)c2)Oc2ccc3ccccc3c2C1c1ccccc1. The van der Waals surface area contributed by atoms with E-state index >= 15 is 0 Å². The number of ether oxygens (including phenoxy) is 2. The van der Waals surface area contributed by atoms with Crippen molar-refractivity contribution in [1.82, 2.24) is 5.32 Å². The Kier molecular flexibility index (Phi) is 6.68. The second kappa shape index (κ2) is 10.1. The van der Waals surface area contributed by atoms with E-state index in [0.29, 0.717) is 10.8 Å². The maximum absolute atomic E-state index is 13.4. The van der Waals surface area contributed by atoms with Gasteiger partial charge in [0, 0.05) is 11.1 Å². The average molecular weight is 518 g/mol. The number of hydrogen-bond acceptors (Lipinski definition) is 4. The second-order valence-corrected chi connectivity index (χ2v) is 9.00. The Morgan fingerprint density at radius 2 is 1.67 bits per heavy atom. The molecule has 1 unspecified atom stereocenters. The van der Waals surface area contributed by atoms with Crippen molar-refractivity contribution in [3.63, 3.8) is 0 Å². The van der Waals surface area contributed by atoms with Crippen molar-refractivity contribution in [3.05, 3.63) is 123 Å². The molecule has 1 amide bonds. The minimum atomic E-state index is -0.575. The molecule has 0 radical (unpaired) electrons. The Bertz CT molecular complexity index is 1510. The highest BCUT2D eigenvalue weighted by Gasteiger charge is 2.38. The number of rotatable bonds is 5. The molecule has 5 nitrogen and oxygen atoms in total. The molecule has 1 atom stereocenters. The Hall–Kier alpha value is -3.80. The van der Waals surface area contributed by atoms with Crippen LogP contribution in [0.25, 0.3) is 10.8 Å². The minimum absolute atomic E-state index is 0.0150. The summed E-state index contributed by atoms with van der Waals surface area (Å²) in [5, 5.41) is 5.30. The van der Waals surface area contributed by atoms with Gasteiger partial charge in [0.15, 0.2) is 0 Å². The van der Waals surface area contributed by atoms with Crippen molar-refractivity contribution < 1.29 is 19.1 Å². The lowest BCUT2D eigenvalue weighted by molar-refractivity contribution is -0.139. The minimum Gasteiger partial charge on any atom is -0.462 e. The van der Waals surface area contributed by atoms with E-state index in [0.717, 1.165) is 21.9 Å². The van der Waals surface area contributed by atoms with E-state index in [1.165, 1.54) is 12.1 Å². The lowest BCUT2D eigenvalue weighted by Crippen LogP contribution is -2.34. The largest absolute Gasteiger partial charge is 0.462 e. The molecular weight excluding hydrogens is 497 g/mol. The first-order valence-corrected chi connectivity index (χ1v) is 12.2. The molecule has 5 rings (SSSR count). The van der Waals surface area contributed by atoms with Gasteiger partial charge in [0.25, 0.3) is 5.91 Å². The molecule has 36 heavy (non-hydrogen) atoms. The van der Waals surface area contributed by atoms with E-state index in [1.807, 2.05) is 66.7 Å². The number of fused-ring (bicyclic) bond motifs is 3. The number of carbonyl (C=O) groups is 2. The standard InChI is InChI=1S/C29H21Cl2NO4/c1-2-35-29(34)26-24(18-9-4-3-5-10-18)25-20-11-7-6-8-17(20)13-15-23(25)36-28(26)32-27(33)19-12-14-21(30)22(31)16-19/h3-16,24H,2H2,1H3,(H,32,33). The zero-order chi connectivity index (χ0) is 25.2. The third kappa shape index (κ3) is 4.43. The summed E-state index contributed by atoms with van der Waals surface area (Å²) in [5.74, 6) is -1.05. The van der Waals surface area contributed by atoms with Crippen LogP contribution in [0.5, 0.6) is 5.75 Å². The molecule has 0 aliphatic carbocycles. The molecule has 0 spiro atoms. The number of nitrogens with one attached hydrogen (secondary N) is 1. The first kappa shape index (κ1) is 23.9. The van der Waals surface area contributed by atoms with E-state index in [9.17, 15) is 9.59 Å². The van der Waals surface area contributed by atoms with Gasteiger partial charge in [-0.3, -0.25) is 10.1 Å². The van der Waals surface area contributed by atoms with Crippen LogP contribution in [0.15, 0.2) is 96.4 Å². The summed E-state index contributed by atoms with van der Waals surface area (Å²) in [5.41, 5.74) is 2.17. The lowest BCUT2D eigenvalue weighted by Gasteiger charge is -2.31. The van der Waals surface area contributed by atoms with E-state index in [4.69, 9.17) is 32.7 Å². The van der Waals surface area contributed by atoms with Crippen LogP contribution in [0.1, 0.15) is 34.3 Å². The number of hydrogen-bond donors (Lipinski definition) is 1. The van der Waals surface area contributed by atoms with E-state index in [1.54, 1.807) is 13.0 Å². The predicted molar refractivity (Wildman–Crippen MR) is 140 cm³/mol. The Morgan fingerprint density at radius 3 is 2.42 bits per heavy atom. The topological polar surface area (TPSA) is 64.6 Å². The summed E-state index contributed by atoms with van der Waals surface area (Å²) < 4.78 is 11.7. The predicted octanol–water partition coefficient (Wildman–Crippen LogP) is 6.88. The highest BCUT2D eigenvalue weighted by molar-refractivity contribution is 6.42. The van der Waals surface area contributed by atoms with Crippen LogP contribution in [0.2, 0.25) is 10.0 Å². The number of carbonyl (C=O) groups excluding carboxylic acids is 2. The molecule has 0 saturated carbocycles. The van der Waals surface area contributed by atoms with Crippen molar-refractivity contribution >= 4 is 45.9 Å². The molecule has 0 aromatic heterocycles. The monoisotopic (exact) mass is 517 g/mol. The van der Waals surface area contributed by atoms with Crippen molar-refractivity contribution in [2.45, 2.75) is 12.8 Å². The molecule has 0 fully saturated rings. The van der Waals surface area contributed by atoms with Crippen LogP contribution in [0.3, 0.4) is 0 Å². The van der Waals surface area contributed by atoms with E-state index < -0.39 is 17.8 Å². The lowest BCUT2D eigenvalue weighted by atomic mass is 9.80. The van der Waals surface area contributed by atoms with Crippen molar-refractivity contribution in [3.8, 4) is 5.75 Å². The third-order valence-corrected chi connectivity index (χ3v) is 6.74. The number of halogens is 2. The van der Waals surface area contributed by atoms with Gasteiger partial charge in [-0.05, 0) is 47.5 Å². The van der Waals surface area contributed by atoms with Gasteiger partial charge in [0.05, 0.1) is 22.6 Å². The highest BCUT2D eigenvalue weighted by atomic mass is 35.5. The fourth-order valence-electron chi connectivity index (χ4n) is 4.41. The summed E-state index contributed by atoms with van der Waals surface area (Å²) in [4.78, 5) is 26.6. The molecule has 1 heterocycles. The number of amides is 1. The molecule has 1 N–H and O–H groups in total. The van der Waals surface area contributed by atoms with Gasteiger partial charge in [0.1, 0.15) is 11.3 Å². The van der Waals surface area contributed by atoms with Crippen LogP contribution in [0.4, 0.5) is 0 Å². The first-order chi connectivity index (χ1) is 17.5. The summed E-state index contributed by atoms with van der Waals surface area (Å²) in [6.07, 6.45) is 0. The van der Waals surface area contributed by atoms with Gasteiger partial charge in [-0.15, -0.1) is 0 Å². The molecule has 1 aliphatic heterocycles. The quantitative estimate of drug-likeness (QED) is 0.293. The Morgan fingerprint density at radius 1 is 0.917 bits per heavy atom. The summed E-state index contributed by atoms with van der Waals surface area (Å²) in [6, 6.07) is 25.9. The second-order valence-electron chi connectivity index (χ2n) is 8.19.